The molecule has 0 saturated heterocycles. The Morgan fingerprint density at radius 1 is 1.03 bits per heavy atom. The highest BCUT2D eigenvalue weighted by Crippen LogP contribution is 2.19. The van der Waals surface area contributed by atoms with E-state index in [1.165, 1.54) is 16.3 Å². The summed E-state index contributed by atoms with van der Waals surface area (Å²) in [5.41, 5.74) is 1.64. The monoisotopic (exact) mass is 410 g/mol. The second kappa shape index (κ2) is 10.3. The Kier molecular flexibility index (Phi) is 8.04. The third-order valence-corrected chi connectivity index (χ3v) is 4.68. The van der Waals surface area contributed by atoms with Crippen molar-refractivity contribution < 1.29 is 9.84 Å². The first kappa shape index (κ1) is 22.7. The van der Waals surface area contributed by atoms with Crippen molar-refractivity contribution in [3.8, 4) is 11.8 Å². The van der Waals surface area contributed by atoms with E-state index in [2.05, 4.69) is 61.6 Å². The first-order valence-electron chi connectivity index (χ1n) is 9.49. The van der Waals surface area contributed by atoms with Gasteiger partial charge in [-0.2, -0.15) is 5.26 Å². The molecule has 0 aliphatic heterocycles. The summed E-state index contributed by atoms with van der Waals surface area (Å²) in [5, 5.41) is 25.1. The van der Waals surface area contributed by atoms with Gasteiger partial charge in [0.05, 0.1) is 11.6 Å². The average molecular weight is 411 g/mol. The molecule has 0 saturated carbocycles. The van der Waals surface area contributed by atoms with Crippen LogP contribution in [0.25, 0.3) is 10.8 Å². The molecule has 0 aliphatic rings. The lowest BCUT2D eigenvalue weighted by molar-refractivity contribution is 0.0988. The SMILES string of the molecule is CC(C)(Cc1ccc2ccccc2c1)NC[C@@H](O)COc1cccc(C#N)c1.Cl. The number of aliphatic hydroxyl groups is 1. The van der Waals surface area contributed by atoms with E-state index < -0.39 is 6.10 Å². The Morgan fingerprint density at radius 2 is 1.79 bits per heavy atom. The molecule has 5 heteroatoms. The topological polar surface area (TPSA) is 65.3 Å². The van der Waals surface area contributed by atoms with Gasteiger partial charge in [-0.25, -0.2) is 0 Å². The maximum atomic E-state index is 10.3. The van der Waals surface area contributed by atoms with Crippen LogP contribution in [0.4, 0.5) is 0 Å². The fraction of sp³-hybridized carbons (Fsp3) is 0.292. The van der Waals surface area contributed by atoms with Crippen molar-refractivity contribution in [1.29, 1.82) is 5.26 Å². The minimum Gasteiger partial charge on any atom is -0.491 e. The molecule has 0 bridgehead atoms. The number of rotatable bonds is 8. The molecule has 29 heavy (non-hydrogen) atoms. The van der Waals surface area contributed by atoms with E-state index >= 15 is 0 Å². The Labute approximate surface area is 178 Å². The number of hydrogen-bond donors (Lipinski definition) is 2. The molecule has 3 aromatic rings. The summed E-state index contributed by atoms with van der Waals surface area (Å²) in [6, 6.07) is 23.9. The number of aliphatic hydroxyl groups excluding tert-OH is 1. The summed E-state index contributed by atoms with van der Waals surface area (Å²) < 4.78 is 5.60. The molecule has 0 fully saturated rings. The number of β-amino-alcohol motifs (C(OH)–C–C–N with tert-alkyl or cyclic N) is 1. The molecule has 0 spiro atoms. The molecule has 0 amide bonds. The van der Waals surface area contributed by atoms with Crippen molar-refractivity contribution >= 4 is 23.2 Å². The number of fused-ring (bicyclic) bond motifs is 1. The summed E-state index contributed by atoms with van der Waals surface area (Å²) in [4.78, 5) is 0. The highest BCUT2D eigenvalue weighted by atomic mass is 35.5. The van der Waals surface area contributed by atoms with Crippen LogP contribution in [-0.4, -0.2) is 29.9 Å². The predicted molar refractivity (Wildman–Crippen MR) is 120 cm³/mol. The van der Waals surface area contributed by atoms with Gasteiger partial charge in [0.1, 0.15) is 18.5 Å². The lowest BCUT2D eigenvalue weighted by Crippen LogP contribution is -2.46. The van der Waals surface area contributed by atoms with Crippen LogP contribution in [0, 0.1) is 11.3 Å². The van der Waals surface area contributed by atoms with Gasteiger partial charge in [0.2, 0.25) is 0 Å². The first-order chi connectivity index (χ1) is 13.4. The Bertz CT molecular complexity index is 982. The standard InChI is InChI=1S/C24H26N2O2.ClH/c1-24(2,14-18-10-11-20-7-3-4-8-21(20)12-18)26-16-22(27)17-28-23-9-5-6-19(13-23)15-25;/h3-13,22,26-27H,14,16-17H2,1-2H3;1H/t22-;/m1./s1. The van der Waals surface area contributed by atoms with Crippen molar-refractivity contribution in [2.45, 2.75) is 31.9 Å². The van der Waals surface area contributed by atoms with Crippen molar-refractivity contribution in [3.63, 3.8) is 0 Å². The number of nitriles is 1. The lowest BCUT2D eigenvalue weighted by Gasteiger charge is -2.28. The molecule has 1 atom stereocenters. The normalized spacial score (nSPS) is 12.1. The van der Waals surface area contributed by atoms with E-state index in [-0.39, 0.29) is 24.6 Å². The molecule has 0 radical (unpaired) electrons. The zero-order chi connectivity index (χ0) is 20.0. The highest BCUT2D eigenvalue weighted by Gasteiger charge is 2.19. The van der Waals surface area contributed by atoms with Crippen LogP contribution in [0.5, 0.6) is 5.75 Å². The molecule has 0 heterocycles. The minimum absolute atomic E-state index is 0. The molecule has 0 unspecified atom stereocenters. The smallest absolute Gasteiger partial charge is 0.120 e. The number of ether oxygens (including phenoxy) is 1. The van der Waals surface area contributed by atoms with Crippen LogP contribution in [0.3, 0.4) is 0 Å². The fourth-order valence-corrected chi connectivity index (χ4v) is 3.22. The summed E-state index contributed by atoms with van der Waals surface area (Å²) >= 11 is 0. The van der Waals surface area contributed by atoms with Crippen LogP contribution >= 0.6 is 12.4 Å². The third-order valence-electron chi connectivity index (χ3n) is 4.68. The molecular weight excluding hydrogens is 384 g/mol. The van der Waals surface area contributed by atoms with Gasteiger partial charge in [-0.3, -0.25) is 0 Å². The van der Waals surface area contributed by atoms with Gasteiger partial charge in [-0.15, -0.1) is 12.4 Å². The zero-order valence-corrected chi connectivity index (χ0v) is 17.6. The molecular formula is C24H27ClN2O2. The molecule has 2 N–H and O–H groups in total. The van der Waals surface area contributed by atoms with Crippen molar-refractivity contribution in [2.24, 2.45) is 0 Å². The quantitative estimate of drug-likeness (QED) is 0.574. The largest absolute Gasteiger partial charge is 0.491 e. The Hall–Kier alpha value is -2.58. The zero-order valence-electron chi connectivity index (χ0n) is 16.8. The number of nitrogens with zero attached hydrogens (tertiary/aromatic N) is 1. The molecule has 152 valence electrons. The summed E-state index contributed by atoms with van der Waals surface area (Å²) in [6.45, 7) is 4.87. The van der Waals surface area contributed by atoms with Crippen LogP contribution in [0.2, 0.25) is 0 Å². The van der Waals surface area contributed by atoms with Gasteiger partial charge in [0, 0.05) is 12.1 Å². The Morgan fingerprint density at radius 3 is 2.55 bits per heavy atom. The van der Waals surface area contributed by atoms with Crippen LogP contribution < -0.4 is 10.1 Å². The van der Waals surface area contributed by atoms with Crippen LogP contribution in [-0.2, 0) is 6.42 Å². The molecule has 3 rings (SSSR count). The lowest BCUT2D eigenvalue weighted by atomic mass is 9.93. The second-order valence-corrected chi connectivity index (χ2v) is 7.73. The first-order valence-corrected chi connectivity index (χ1v) is 9.49. The van der Waals surface area contributed by atoms with E-state index in [0.29, 0.717) is 17.9 Å². The fourth-order valence-electron chi connectivity index (χ4n) is 3.22. The van der Waals surface area contributed by atoms with E-state index in [0.717, 1.165) is 6.42 Å². The van der Waals surface area contributed by atoms with Gasteiger partial charge in [-0.1, -0.05) is 48.5 Å². The predicted octanol–water partition coefficient (Wildman–Crippen LogP) is 4.48. The average Bonchev–Trinajstić information content (AvgIpc) is 2.70. The van der Waals surface area contributed by atoms with Gasteiger partial charge in [-0.05, 0) is 54.8 Å². The van der Waals surface area contributed by atoms with Gasteiger partial charge in [0.25, 0.3) is 0 Å². The van der Waals surface area contributed by atoms with Crippen molar-refractivity contribution in [2.75, 3.05) is 13.2 Å². The van der Waals surface area contributed by atoms with Crippen molar-refractivity contribution in [3.05, 3.63) is 77.9 Å². The van der Waals surface area contributed by atoms with E-state index in [4.69, 9.17) is 10.00 Å². The summed E-state index contributed by atoms with van der Waals surface area (Å²) in [5.74, 6) is 0.591. The van der Waals surface area contributed by atoms with Crippen LogP contribution in [0.15, 0.2) is 66.7 Å². The minimum atomic E-state index is -0.637. The molecule has 3 aromatic carbocycles. The molecule has 0 aromatic heterocycles. The molecule has 4 nitrogen and oxygen atoms in total. The van der Waals surface area contributed by atoms with Gasteiger partial charge in [0.15, 0.2) is 0 Å². The maximum absolute atomic E-state index is 10.3. The molecule has 0 aliphatic carbocycles. The maximum Gasteiger partial charge on any atom is 0.120 e. The number of halogens is 1. The number of nitrogens with one attached hydrogen (secondary N) is 1. The third kappa shape index (κ3) is 6.76. The Balaban J connectivity index is 0.00000300. The van der Waals surface area contributed by atoms with E-state index in [9.17, 15) is 5.11 Å². The van der Waals surface area contributed by atoms with Crippen LogP contribution in [0.1, 0.15) is 25.0 Å². The van der Waals surface area contributed by atoms with Gasteiger partial charge >= 0.3 is 0 Å². The van der Waals surface area contributed by atoms with Gasteiger partial charge < -0.3 is 15.2 Å². The second-order valence-electron chi connectivity index (χ2n) is 7.73. The number of benzene rings is 3. The van der Waals surface area contributed by atoms with Crippen molar-refractivity contribution in [1.82, 2.24) is 5.32 Å². The van der Waals surface area contributed by atoms with E-state index in [1.807, 2.05) is 6.07 Å². The van der Waals surface area contributed by atoms with E-state index in [1.54, 1.807) is 24.3 Å². The summed E-state index contributed by atoms with van der Waals surface area (Å²) in [6.07, 6.45) is 0.219. The number of hydrogen-bond acceptors (Lipinski definition) is 4. The highest BCUT2D eigenvalue weighted by molar-refractivity contribution is 5.85. The summed E-state index contributed by atoms with van der Waals surface area (Å²) in [7, 11) is 0.